The average molecular weight is 917 g/mol. The lowest BCUT2D eigenvalue weighted by Crippen LogP contribution is -2.29. The van der Waals surface area contributed by atoms with Gasteiger partial charge in [0, 0.05) is 34.1 Å². The van der Waals surface area contributed by atoms with E-state index in [1.807, 2.05) is 94.1 Å². The van der Waals surface area contributed by atoms with Gasteiger partial charge in [-0.2, -0.15) is 0 Å². The van der Waals surface area contributed by atoms with E-state index in [0.717, 1.165) is 0 Å². The van der Waals surface area contributed by atoms with Crippen molar-refractivity contribution in [1.29, 1.82) is 0 Å². The SMILES string of the molecule is CSC1=C(SC)SC(=c2c3cc4c(cc3c(=C3SC(SC)=C(SC)S3)c3cc5c(cc23)C2c3ccccc3C5c3ccccc32)C2c3ccccc3C4c3ccccc32)S1. The summed E-state index contributed by atoms with van der Waals surface area (Å²) < 4.78 is 8.51. The molecule has 7 aromatic carbocycles. The lowest BCUT2D eigenvalue weighted by molar-refractivity contribution is 0.756. The molecule has 0 unspecified atom stereocenters. The highest BCUT2D eigenvalue weighted by atomic mass is 32.3. The molecule has 7 aromatic rings. The van der Waals surface area contributed by atoms with Crippen molar-refractivity contribution in [2.24, 2.45) is 0 Å². The first-order valence-electron chi connectivity index (χ1n) is 20.2. The lowest BCUT2D eigenvalue weighted by atomic mass is 9.60. The number of rotatable bonds is 4. The molecule has 0 spiro atoms. The van der Waals surface area contributed by atoms with Gasteiger partial charge in [-0.05, 0) is 138 Å². The molecule has 0 amide bonds. The van der Waals surface area contributed by atoms with Crippen LogP contribution in [0.15, 0.2) is 138 Å². The Kier molecular flexibility index (Phi) is 8.96. The molecular weight excluding hydrogens is 881 g/mol. The molecule has 292 valence electrons. The Balaban J connectivity index is 1.21. The molecule has 8 heteroatoms. The van der Waals surface area contributed by atoms with Crippen LogP contribution in [0.5, 0.6) is 0 Å². The van der Waals surface area contributed by atoms with Gasteiger partial charge in [0.1, 0.15) is 0 Å². The summed E-state index contributed by atoms with van der Waals surface area (Å²) in [6, 6.07) is 47.9. The van der Waals surface area contributed by atoms with E-state index in [1.54, 1.807) is 0 Å². The Bertz CT molecular complexity index is 2780. The van der Waals surface area contributed by atoms with Gasteiger partial charge in [-0.25, -0.2) is 0 Å². The molecule has 4 bridgehead atoms. The summed E-state index contributed by atoms with van der Waals surface area (Å²) in [5, 5.41) is 8.43. The quantitative estimate of drug-likeness (QED) is 0.158. The summed E-state index contributed by atoms with van der Waals surface area (Å²) in [6.07, 6.45) is 8.98. The molecule has 0 nitrogen and oxygen atoms in total. The Morgan fingerprint density at radius 1 is 0.300 bits per heavy atom. The number of thioether (sulfide) groups is 8. The fourth-order valence-electron chi connectivity index (χ4n) is 11.2. The summed E-state index contributed by atoms with van der Waals surface area (Å²) in [7, 11) is 0. The second kappa shape index (κ2) is 14.3. The fourth-order valence-corrected chi connectivity index (χ4v) is 21.5. The molecule has 2 aliphatic heterocycles. The summed E-state index contributed by atoms with van der Waals surface area (Å²) in [6.45, 7) is 0. The zero-order chi connectivity index (χ0) is 40.0. The molecule has 0 saturated carbocycles. The number of hydrogen-bond donors (Lipinski definition) is 0. The van der Waals surface area contributed by atoms with Crippen LogP contribution in [0.4, 0.5) is 0 Å². The average Bonchev–Trinajstić information content (AvgIpc) is 3.93. The predicted octanol–water partition coefficient (Wildman–Crippen LogP) is 14.8. The second-order valence-corrected chi connectivity index (χ2v) is 24.9. The van der Waals surface area contributed by atoms with E-state index in [-0.39, 0.29) is 23.7 Å². The van der Waals surface area contributed by atoms with Gasteiger partial charge in [-0.1, -0.05) is 144 Å². The van der Waals surface area contributed by atoms with Crippen LogP contribution in [0.1, 0.15) is 90.4 Å². The van der Waals surface area contributed by atoms with Crippen molar-refractivity contribution in [3.63, 3.8) is 0 Å². The van der Waals surface area contributed by atoms with Crippen molar-refractivity contribution >= 4 is 124 Å². The van der Waals surface area contributed by atoms with Crippen LogP contribution in [-0.2, 0) is 0 Å². The number of hydrogen-bond acceptors (Lipinski definition) is 8. The van der Waals surface area contributed by atoms with E-state index >= 15 is 0 Å². The summed E-state index contributed by atoms with van der Waals surface area (Å²) in [5.41, 5.74) is 17.7. The Morgan fingerprint density at radius 3 is 0.683 bits per heavy atom. The highest BCUT2D eigenvalue weighted by Gasteiger charge is 2.43. The molecule has 6 aliphatic carbocycles. The van der Waals surface area contributed by atoms with Crippen LogP contribution < -0.4 is 10.4 Å². The Hall–Kier alpha value is -2.92. The van der Waals surface area contributed by atoms with Crippen LogP contribution in [0.3, 0.4) is 0 Å². The third-order valence-corrected chi connectivity index (χ3v) is 23.9. The molecule has 2 heterocycles. The molecule has 0 saturated heterocycles. The maximum absolute atomic E-state index is 2.68. The van der Waals surface area contributed by atoms with E-state index in [9.17, 15) is 0 Å². The van der Waals surface area contributed by atoms with E-state index in [0.29, 0.717) is 0 Å². The van der Waals surface area contributed by atoms with E-state index < -0.39 is 0 Å². The van der Waals surface area contributed by atoms with Gasteiger partial charge in [-0.15, -0.1) is 47.0 Å². The first kappa shape index (κ1) is 37.6. The minimum atomic E-state index is 0.215. The van der Waals surface area contributed by atoms with E-state index in [1.165, 1.54) is 124 Å². The minimum absolute atomic E-state index is 0.215. The molecule has 60 heavy (non-hydrogen) atoms. The smallest absolute Gasteiger partial charge is 0.0657 e. The first-order valence-corrected chi connectivity index (χ1v) is 28.3. The minimum Gasteiger partial charge on any atom is -0.121 e. The van der Waals surface area contributed by atoms with Crippen molar-refractivity contribution in [3.8, 4) is 0 Å². The Labute approximate surface area is 384 Å². The van der Waals surface area contributed by atoms with E-state index in [2.05, 4.69) is 146 Å². The summed E-state index contributed by atoms with van der Waals surface area (Å²) in [5.74, 6) is 0.860. The standard InChI is InChI=1S/C52H36S8/c1-53-49-50(54-2)58-47(57-49)45-37-21-33-35(43-29-17-9-5-13-25(29)41(33)26-14-6-10-18-30(26)43)23-39(37)46(48-59-51(55-3)52(56-4)60-48)40-24-36-34(22-38(40)45)42-27-15-7-11-19-31(27)44(36)32-20-12-8-16-28(32)42/h5-24,41-44H,1-4H3. The molecule has 0 fully saturated rings. The predicted molar refractivity (Wildman–Crippen MR) is 276 cm³/mol. The van der Waals surface area contributed by atoms with Gasteiger partial charge < -0.3 is 0 Å². The topological polar surface area (TPSA) is 0 Å². The van der Waals surface area contributed by atoms with Gasteiger partial charge in [0.05, 0.1) is 25.4 Å². The Morgan fingerprint density at radius 2 is 0.500 bits per heavy atom. The van der Waals surface area contributed by atoms with Crippen LogP contribution in [0, 0.1) is 0 Å². The summed E-state index contributed by atoms with van der Waals surface area (Å²) in [4.78, 5) is 0. The highest BCUT2D eigenvalue weighted by Crippen LogP contribution is 2.61. The van der Waals surface area contributed by atoms with Crippen LogP contribution in [0.2, 0.25) is 0 Å². The van der Waals surface area contributed by atoms with Crippen molar-refractivity contribution in [3.05, 3.63) is 215 Å². The normalized spacial score (nSPS) is 21.5. The second-order valence-electron chi connectivity index (χ2n) is 16.0. The molecular formula is C52H36S8. The third kappa shape index (κ3) is 5.14. The van der Waals surface area contributed by atoms with E-state index in [4.69, 9.17) is 0 Å². The molecule has 8 aliphatic rings. The van der Waals surface area contributed by atoms with Crippen LogP contribution >= 0.6 is 94.1 Å². The maximum atomic E-state index is 2.68. The molecule has 0 aromatic heterocycles. The molecule has 15 rings (SSSR count). The highest BCUT2D eigenvalue weighted by molar-refractivity contribution is 8.46. The van der Waals surface area contributed by atoms with Gasteiger partial charge in [0.2, 0.25) is 0 Å². The molecule has 0 radical (unpaired) electrons. The van der Waals surface area contributed by atoms with Gasteiger partial charge in [0.25, 0.3) is 0 Å². The van der Waals surface area contributed by atoms with Crippen molar-refractivity contribution in [1.82, 2.24) is 0 Å². The van der Waals surface area contributed by atoms with Gasteiger partial charge in [0.15, 0.2) is 0 Å². The summed E-state index contributed by atoms with van der Waals surface area (Å²) >= 11 is 15.6. The van der Waals surface area contributed by atoms with Crippen molar-refractivity contribution < 1.29 is 0 Å². The maximum Gasteiger partial charge on any atom is 0.0657 e. The van der Waals surface area contributed by atoms with Gasteiger partial charge in [-0.3, -0.25) is 0 Å². The fraction of sp³-hybridized carbons (Fsp3) is 0.154. The monoisotopic (exact) mass is 916 g/mol. The third-order valence-electron chi connectivity index (χ3n) is 13.5. The first-order chi connectivity index (χ1) is 29.6. The zero-order valence-corrected chi connectivity index (χ0v) is 39.7. The van der Waals surface area contributed by atoms with Crippen LogP contribution in [-0.4, -0.2) is 25.0 Å². The zero-order valence-electron chi connectivity index (χ0n) is 33.1. The number of fused-ring (bicyclic) bond motifs is 2. The van der Waals surface area contributed by atoms with Crippen molar-refractivity contribution in [2.45, 2.75) is 23.7 Å². The van der Waals surface area contributed by atoms with Crippen LogP contribution in [0.25, 0.3) is 30.0 Å². The largest absolute Gasteiger partial charge is 0.121 e. The number of benzene rings is 7. The lowest BCUT2D eigenvalue weighted by Gasteiger charge is -2.43. The van der Waals surface area contributed by atoms with Crippen molar-refractivity contribution in [2.75, 3.05) is 25.0 Å². The molecule has 0 N–H and O–H groups in total. The molecule has 0 atom stereocenters. The van der Waals surface area contributed by atoms with Gasteiger partial charge >= 0.3 is 0 Å².